The van der Waals surface area contributed by atoms with Crippen LogP contribution in [0.4, 0.5) is 0 Å². The van der Waals surface area contributed by atoms with Crippen LogP contribution in [0.15, 0.2) is 131 Å². The molecule has 186 valence electrons. The van der Waals surface area contributed by atoms with Gasteiger partial charge in [-0.25, -0.2) is 0 Å². The maximum absolute atomic E-state index is 6.47. The summed E-state index contributed by atoms with van der Waals surface area (Å²) in [6.07, 6.45) is 28.8. The molecule has 37 heavy (non-hydrogen) atoms. The number of hydrogen-bond donors (Lipinski definition) is 0. The molecule has 2 aliphatic heterocycles. The second-order valence-corrected chi connectivity index (χ2v) is 9.48. The molecule has 0 N–H and O–H groups in total. The molecule has 0 saturated heterocycles. The highest BCUT2D eigenvalue weighted by atomic mass is 16.5. The first kappa shape index (κ1) is 25.8. The summed E-state index contributed by atoms with van der Waals surface area (Å²) < 4.78 is 6.47. The third-order valence-corrected chi connectivity index (χ3v) is 6.40. The SMILES string of the molecule is C=CC=N/C=C\CCc1cc(Oc2cccc(C3(C)C=CC=CN=C3)c2)cc(C2(C)C=CC=CN=C2)c1. The number of aryl methyl sites for hydroxylation is 1. The molecule has 2 aromatic rings. The molecule has 0 radical (unpaired) electrons. The molecule has 0 saturated carbocycles. The molecular formula is C33H33N3O. The Morgan fingerprint density at radius 1 is 0.865 bits per heavy atom. The Hall–Kier alpha value is -4.31. The summed E-state index contributed by atoms with van der Waals surface area (Å²) in [5.74, 6) is 1.59. The molecule has 0 aliphatic carbocycles. The average molecular weight is 488 g/mol. The number of benzene rings is 2. The van der Waals surface area contributed by atoms with E-state index < -0.39 is 0 Å². The van der Waals surface area contributed by atoms with Gasteiger partial charge in [0.15, 0.2) is 0 Å². The van der Waals surface area contributed by atoms with Crippen LogP contribution in [-0.2, 0) is 17.3 Å². The highest BCUT2D eigenvalue weighted by molar-refractivity contribution is 5.78. The number of hydrogen-bond acceptors (Lipinski definition) is 4. The van der Waals surface area contributed by atoms with Gasteiger partial charge in [0.2, 0.25) is 0 Å². The summed E-state index contributed by atoms with van der Waals surface area (Å²) in [5.41, 5.74) is 2.79. The van der Waals surface area contributed by atoms with Crippen LogP contribution in [0.3, 0.4) is 0 Å². The fourth-order valence-corrected chi connectivity index (χ4v) is 4.23. The van der Waals surface area contributed by atoms with Gasteiger partial charge in [0.05, 0.1) is 0 Å². The first-order chi connectivity index (χ1) is 18.0. The van der Waals surface area contributed by atoms with Crippen molar-refractivity contribution in [2.24, 2.45) is 15.0 Å². The Labute approximate surface area is 220 Å². The van der Waals surface area contributed by atoms with Crippen LogP contribution in [0.1, 0.15) is 37.0 Å². The van der Waals surface area contributed by atoms with E-state index in [9.17, 15) is 0 Å². The first-order valence-corrected chi connectivity index (χ1v) is 12.5. The molecule has 2 unspecified atom stereocenters. The van der Waals surface area contributed by atoms with E-state index in [1.165, 1.54) is 5.56 Å². The Balaban J connectivity index is 1.64. The molecule has 0 bridgehead atoms. The van der Waals surface area contributed by atoms with Gasteiger partial charge in [-0.3, -0.25) is 15.0 Å². The Morgan fingerprint density at radius 2 is 1.57 bits per heavy atom. The lowest BCUT2D eigenvalue weighted by atomic mass is 9.82. The summed E-state index contributed by atoms with van der Waals surface area (Å²) in [6, 6.07) is 14.7. The molecule has 2 heterocycles. The third kappa shape index (κ3) is 6.89. The molecule has 4 heteroatoms. The maximum atomic E-state index is 6.47. The summed E-state index contributed by atoms with van der Waals surface area (Å²) in [5, 5.41) is 0. The van der Waals surface area contributed by atoms with Crippen LogP contribution in [0.5, 0.6) is 11.5 Å². The number of rotatable bonds is 9. The van der Waals surface area contributed by atoms with Gasteiger partial charge < -0.3 is 4.74 Å². The molecule has 2 atom stereocenters. The van der Waals surface area contributed by atoms with Gasteiger partial charge in [0.25, 0.3) is 0 Å². The van der Waals surface area contributed by atoms with Gasteiger partial charge in [-0.2, -0.15) is 0 Å². The smallest absolute Gasteiger partial charge is 0.128 e. The van der Waals surface area contributed by atoms with E-state index in [0.29, 0.717) is 0 Å². The fraction of sp³-hybridized carbons (Fsp3) is 0.182. The zero-order chi connectivity index (χ0) is 26.0. The Kier molecular flexibility index (Phi) is 8.42. The number of nitrogens with zero attached hydrogens (tertiary/aromatic N) is 3. The van der Waals surface area contributed by atoms with Crippen LogP contribution in [0, 0.1) is 0 Å². The second-order valence-electron chi connectivity index (χ2n) is 9.48. The van der Waals surface area contributed by atoms with Crippen molar-refractivity contribution in [3.05, 3.63) is 133 Å². The van der Waals surface area contributed by atoms with Crippen LogP contribution in [-0.4, -0.2) is 18.6 Å². The van der Waals surface area contributed by atoms with E-state index in [0.717, 1.165) is 35.5 Å². The molecule has 2 aliphatic rings. The summed E-state index contributed by atoms with van der Waals surface area (Å²) in [6.45, 7) is 7.96. The maximum Gasteiger partial charge on any atom is 0.128 e. The lowest BCUT2D eigenvalue weighted by Crippen LogP contribution is -2.21. The van der Waals surface area contributed by atoms with Crippen LogP contribution in [0.2, 0.25) is 0 Å². The largest absolute Gasteiger partial charge is 0.457 e. The summed E-state index contributed by atoms with van der Waals surface area (Å²) in [4.78, 5) is 13.0. The van der Waals surface area contributed by atoms with E-state index in [1.807, 2.05) is 61.3 Å². The summed E-state index contributed by atoms with van der Waals surface area (Å²) >= 11 is 0. The highest BCUT2D eigenvalue weighted by Gasteiger charge is 2.24. The van der Waals surface area contributed by atoms with Crippen molar-refractivity contribution in [3.8, 4) is 11.5 Å². The first-order valence-electron chi connectivity index (χ1n) is 12.5. The van der Waals surface area contributed by atoms with Gasteiger partial charge in [-0.05, 0) is 79.8 Å². The minimum atomic E-state index is -0.342. The van der Waals surface area contributed by atoms with E-state index in [-0.39, 0.29) is 10.8 Å². The minimum Gasteiger partial charge on any atom is -0.457 e. The number of aliphatic imine (C=N–C) groups is 3. The molecule has 0 fully saturated rings. The number of allylic oxidation sites excluding steroid dienone is 8. The predicted molar refractivity (Wildman–Crippen MR) is 157 cm³/mol. The van der Waals surface area contributed by atoms with E-state index >= 15 is 0 Å². The van der Waals surface area contributed by atoms with Crippen LogP contribution < -0.4 is 4.74 Å². The van der Waals surface area contributed by atoms with Crippen molar-refractivity contribution in [1.29, 1.82) is 0 Å². The topological polar surface area (TPSA) is 46.3 Å². The van der Waals surface area contributed by atoms with E-state index in [4.69, 9.17) is 4.74 Å². The van der Waals surface area contributed by atoms with E-state index in [2.05, 4.69) is 84.0 Å². The fourth-order valence-electron chi connectivity index (χ4n) is 4.23. The highest BCUT2D eigenvalue weighted by Crippen LogP contribution is 2.34. The zero-order valence-corrected chi connectivity index (χ0v) is 21.5. The van der Waals surface area contributed by atoms with Gasteiger partial charge in [0.1, 0.15) is 11.5 Å². The molecular weight excluding hydrogens is 454 g/mol. The third-order valence-electron chi connectivity index (χ3n) is 6.40. The van der Waals surface area contributed by atoms with Gasteiger partial charge in [-0.15, -0.1) is 0 Å². The Bertz CT molecular complexity index is 1320. The molecule has 4 nitrogen and oxygen atoms in total. The molecule has 0 aromatic heterocycles. The van der Waals surface area contributed by atoms with Crippen molar-refractivity contribution < 1.29 is 4.74 Å². The van der Waals surface area contributed by atoms with Crippen molar-refractivity contribution >= 4 is 18.6 Å². The second kappa shape index (κ2) is 12.1. The minimum absolute atomic E-state index is 0.307. The average Bonchev–Trinajstić information content (AvgIpc) is 3.27. The van der Waals surface area contributed by atoms with Crippen LogP contribution >= 0.6 is 0 Å². The number of ether oxygens (including phenoxy) is 1. The van der Waals surface area contributed by atoms with Gasteiger partial charge in [-0.1, -0.05) is 61.2 Å². The molecule has 0 spiro atoms. The lowest BCUT2D eigenvalue weighted by Gasteiger charge is -2.24. The Morgan fingerprint density at radius 3 is 2.30 bits per heavy atom. The van der Waals surface area contributed by atoms with Crippen molar-refractivity contribution in [2.45, 2.75) is 37.5 Å². The molecule has 4 rings (SSSR count). The monoisotopic (exact) mass is 487 g/mol. The van der Waals surface area contributed by atoms with Crippen molar-refractivity contribution in [3.63, 3.8) is 0 Å². The van der Waals surface area contributed by atoms with Crippen molar-refractivity contribution in [1.82, 2.24) is 0 Å². The van der Waals surface area contributed by atoms with Gasteiger partial charge in [0, 0.05) is 48.1 Å². The predicted octanol–water partition coefficient (Wildman–Crippen LogP) is 8.01. The molecule has 0 amide bonds. The lowest BCUT2D eigenvalue weighted by molar-refractivity contribution is 0.479. The van der Waals surface area contributed by atoms with Crippen molar-refractivity contribution in [2.75, 3.05) is 0 Å². The van der Waals surface area contributed by atoms with E-state index in [1.54, 1.807) is 18.5 Å². The van der Waals surface area contributed by atoms with Gasteiger partial charge >= 0.3 is 0 Å². The quantitative estimate of drug-likeness (QED) is 0.330. The normalized spacial score (nSPS) is 22.5. The standard InChI is InChI=1S/C33H33N3O/c1-4-17-34-18-8-5-12-27-21-29(33(3)16-7-10-20-36-26-33)24-31(22-27)37-30-14-11-13-28(23-30)32(2)15-6-9-19-35-25-32/h4,6-11,13-26H,1,5,12H2,2-3H3/b18-8-,34-17?. The molecule has 2 aromatic carbocycles. The summed E-state index contributed by atoms with van der Waals surface area (Å²) in [7, 11) is 0. The van der Waals surface area contributed by atoms with Crippen LogP contribution in [0.25, 0.3) is 0 Å². The zero-order valence-electron chi connectivity index (χ0n) is 21.5.